The number of nitrogens with zero attached hydrogens (tertiary/aromatic N) is 1. The second-order valence-electron chi connectivity index (χ2n) is 4.37. The lowest BCUT2D eigenvalue weighted by Gasteiger charge is -2.01. The topological polar surface area (TPSA) is 43.1 Å². The largest absolute Gasteiger partial charge is 0.269 e. The molecule has 0 spiro atoms. The first-order chi connectivity index (χ1) is 9.24. The molecule has 1 aliphatic carbocycles. The van der Waals surface area contributed by atoms with Gasteiger partial charge in [-0.15, -0.1) is 0 Å². The van der Waals surface area contributed by atoms with Crippen LogP contribution in [-0.2, 0) is 0 Å². The third-order valence-corrected chi connectivity index (χ3v) is 3.14. The van der Waals surface area contributed by atoms with E-state index in [4.69, 9.17) is 0 Å². The molecule has 2 aromatic rings. The highest BCUT2D eigenvalue weighted by molar-refractivity contribution is 5.97. The van der Waals surface area contributed by atoms with Crippen LogP contribution in [0.2, 0.25) is 0 Å². The number of fused-ring (bicyclic) bond motifs is 1. The molecular formula is C16H11NO2. The molecule has 2 aromatic carbocycles. The van der Waals surface area contributed by atoms with E-state index in [0.717, 1.165) is 11.1 Å². The highest BCUT2D eigenvalue weighted by atomic mass is 16.6. The van der Waals surface area contributed by atoms with Crippen molar-refractivity contribution >= 4 is 23.4 Å². The van der Waals surface area contributed by atoms with Crippen molar-refractivity contribution in [2.75, 3.05) is 0 Å². The minimum Gasteiger partial charge on any atom is -0.258 e. The second kappa shape index (κ2) is 4.53. The summed E-state index contributed by atoms with van der Waals surface area (Å²) in [7, 11) is 0. The van der Waals surface area contributed by atoms with E-state index < -0.39 is 0 Å². The molecule has 19 heavy (non-hydrogen) atoms. The zero-order valence-electron chi connectivity index (χ0n) is 10.1. The second-order valence-corrected chi connectivity index (χ2v) is 4.37. The van der Waals surface area contributed by atoms with E-state index in [2.05, 4.69) is 24.3 Å². The number of allylic oxidation sites excluding steroid dienone is 2. The fraction of sp³-hybridized carbons (Fsp3) is 0. The summed E-state index contributed by atoms with van der Waals surface area (Å²) in [4.78, 5) is 10.2. The van der Waals surface area contributed by atoms with E-state index in [1.165, 1.54) is 23.3 Å². The maximum absolute atomic E-state index is 10.6. The van der Waals surface area contributed by atoms with Crippen LogP contribution in [0.4, 0.5) is 5.69 Å². The van der Waals surface area contributed by atoms with Gasteiger partial charge in [-0.1, -0.05) is 36.4 Å². The normalized spacial score (nSPS) is 14.6. The molecule has 0 saturated heterocycles. The Morgan fingerprint density at radius 1 is 0.947 bits per heavy atom. The first-order valence-electron chi connectivity index (χ1n) is 5.98. The number of benzene rings is 2. The van der Waals surface area contributed by atoms with Crippen molar-refractivity contribution in [1.29, 1.82) is 0 Å². The van der Waals surface area contributed by atoms with E-state index >= 15 is 0 Å². The van der Waals surface area contributed by atoms with Gasteiger partial charge in [0.15, 0.2) is 0 Å². The molecule has 3 heteroatoms. The average Bonchev–Trinajstić information content (AvgIpc) is 2.83. The molecule has 0 heterocycles. The lowest BCUT2D eigenvalue weighted by atomic mass is 10.0. The number of hydrogen-bond acceptors (Lipinski definition) is 2. The molecule has 0 atom stereocenters. The molecule has 0 N–H and O–H groups in total. The summed E-state index contributed by atoms with van der Waals surface area (Å²) in [6.07, 6.45) is 6.17. The quantitative estimate of drug-likeness (QED) is 0.592. The van der Waals surface area contributed by atoms with Gasteiger partial charge < -0.3 is 0 Å². The highest BCUT2D eigenvalue weighted by Crippen LogP contribution is 2.30. The Balaban J connectivity index is 1.95. The number of rotatable bonds is 2. The molecule has 0 fully saturated rings. The third kappa shape index (κ3) is 2.18. The van der Waals surface area contributed by atoms with Gasteiger partial charge in [0.1, 0.15) is 0 Å². The van der Waals surface area contributed by atoms with Crippen LogP contribution < -0.4 is 0 Å². The maximum Gasteiger partial charge on any atom is 0.269 e. The molecule has 0 aliphatic heterocycles. The summed E-state index contributed by atoms with van der Waals surface area (Å²) in [6.45, 7) is 0. The molecule has 0 bridgehead atoms. The van der Waals surface area contributed by atoms with E-state index in [0.29, 0.717) is 0 Å². The fourth-order valence-corrected chi connectivity index (χ4v) is 2.17. The Hall–Kier alpha value is -2.68. The molecule has 0 radical (unpaired) electrons. The average molecular weight is 249 g/mol. The summed E-state index contributed by atoms with van der Waals surface area (Å²) < 4.78 is 0. The van der Waals surface area contributed by atoms with Crippen molar-refractivity contribution in [2.45, 2.75) is 0 Å². The minimum atomic E-state index is -0.387. The number of nitro groups is 1. The third-order valence-electron chi connectivity index (χ3n) is 3.14. The van der Waals surface area contributed by atoms with Gasteiger partial charge in [0.25, 0.3) is 5.69 Å². The standard InChI is InChI=1S/C16H11NO2/c18-17(19)15-9-5-12(6-10-15)11-14-8-7-13-3-1-2-4-16(13)14/h1-11H/b14-11+. The zero-order chi connectivity index (χ0) is 13.2. The fourth-order valence-electron chi connectivity index (χ4n) is 2.17. The summed E-state index contributed by atoms with van der Waals surface area (Å²) in [6, 6.07) is 14.7. The molecule has 92 valence electrons. The predicted octanol–water partition coefficient (Wildman–Crippen LogP) is 4.16. The molecule has 0 unspecified atom stereocenters. The monoisotopic (exact) mass is 249 g/mol. The van der Waals surface area contributed by atoms with Gasteiger partial charge in [-0.05, 0) is 40.5 Å². The van der Waals surface area contributed by atoms with Gasteiger partial charge in [0.05, 0.1) is 4.92 Å². The Kier molecular flexibility index (Phi) is 2.72. The smallest absolute Gasteiger partial charge is 0.258 e. The SMILES string of the molecule is O=[N+]([O-])c1ccc(/C=C2\C=Cc3ccccc32)cc1. The van der Waals surface area contributed by atoms with Crippen LogP contribution in [0.25, 0.3) is 17.7 Å². The lowest BCUT2D eigenvalue weighted by Crippen LogP contribution is -1.87. The van der Waals surface area contributed by atoms with Gasteiger partial charge in [0, 0.05) is 12.1 Å². The lowest BCUT2D eigenvalue weighted by molar-refractivity contribution is -0.384. The van der Waals surface area contributed by atoms with Crippen molar-refractivity contribution in [3.8, 4) is 0 Å². The van der Waals surface area contributed by atoms with Crippen LogP contribution in [-0.4, -0.2) is 4.92 Å². The number of non-ortho nitro benzene ring substituents is 1. The van der Waals surface area contributed by atoms with Crippen LogP contribution in [0.15, 0.2) is 54.6 Å². The van der Waals surface area contributed by atoms with Crippen LogP contribution in [0.5, 0.6) is 0 Å². The minimum absolute atomic E-state index is 0.115. The number of hydrogen-bond donors (Lipinski definition) is 0. The van der Waals surface area contributed by atoms with Crippen molar-refractivity contribution < 1.29 is 4.92 Å². The molecule has 3 nitrogen and oxygen atoms in total. The summed E-state index contributed by atoms with van der Waals surface area (Å²) >= 11 is 0. The summed E-state index contributed by atoms with van der Waals surface area (Å²) in [5.74, 6) is 0. The summed E-state index contributed by atoms with van der Waals surface area (Å²) in [5.41, 5.74) is 4.60. The first kappa shape index (κ1) is 11.4. The molecule has 1 aliphatic rings. The van der Waals surface area contributed by atoms with Crippen LogP contribution >= 0.6 is 0 Å². The summed E-state index contributed by atoms with van der Waals surface area (Å²) in [5, 5.41) is 10.6. The van der Waals surface area contributed by atoms with Gasteiger partial charge in [-0.2, -0.15) is 0 Å². The zero-order valence-corrected chi connectivity index (χ0v) is 10.1. The van der Waals surface area contributed by atoms with E-state index in [9.17, 15) is 10.1 Å². The van der Waals surface area contributed by atoms with Gasteiger partial charge in [-0.3, -0.25) is 10.1 Å². The van der Waals surface area contributed by atoms with Crippen LogP contribution in [0, 0.1) is 10.1 Å². The molecule has 0 amide bonds. The van der Waals surface area contributed by atoms with Crippen LogP contribution in [0.3, 0.4) is 0 Å². The molecule has 3 rings (SSSR count). The van der Waals surface area contributed by atoms with Gasteiger partial charge in [-0.25, -0.2) is 0 Å². The van der Waals surface area contributed by atoms with Gasteiger partial charge >= 0.3 is 0 Å². The highest BCUT2D eigenvalue weighted by Gasteiger charge is 2.09. The molecule has 0 aromatic heterocycles. The van der Waals surface area contributed by atoms with Crippen molar-refractivity contribution in [2.24, 2.45) is 0 Å². The van der Waals surface area contributed by atoms with Crippen molar-refractivity contribution in [3.63, 3.8) is 0 Å². The predicted molar refractivity (Wildman–Crippen MR) is 76.4 cm³/mol. The van der Waals surface area contributed by atoms with E-state index in [1.807, 2.05) is 18.2 Å². The van der Waals surface area contributed by atoms with Crippen molar-refractivity contribution in [1.82, 2.24) is 0 Å². The Bertz CT molecular complexity index is 697. The maximum atomic E-state index is 10.6. The van der Waals surface area contributed by atoms with Crippen molar-refractivity contribution in [3.05, 3.63) is 81.4 Å². The Morgan fingerprint density at radius 3 is 2.42 bits per heavy atom. The van der Waals surface area contributed by atoms with E-state index in [1.54, 1.807) is 12.1 Å². The van der Waals surface area contributed by atoms with Gasteiger partial charge in [0.2, 0.25) is 0 Å². The Morgan fingerprint density at radius 2 is 1.68 bits per heavy atom. The number of nitro benzene ring substituents is 1. The molecular weight excluding hydrogens is 238 g/mol. The molecule has 0 saturated carbocycles. The van der Waals surface area contributed by atoms with Crippen LogP contribution in [0.1, 0.15) is 16.7 Å². The first-order valence-corrected chi connectivity index (χ1v) is 5.98. The Labute approximate surface area is 110 Å². The van der Waals surface area contributed by atoms with E-state index in [-0.39, 0.29) is 10.6 Å².